The molecule has 0 bridgehead atoms. The van der Waals surface area contributed by atoms with Crippen molar-refractivity contribution in [2.24, 2.45) is 11.8 Å². The SMILES string of the molecule is CC(C)C(C)NCC1CCN(CC(F)(F)F)C1. The molecule has 0 aromatic carbocycles. The van der Waals surface area contributed by atoms with Gasteiger partial charge >= 0.3 is 6.18 Å². The normalized spacial score (nSPS) is 24.5. The summed E-state index contributed by atoms with van der Waals surface area (Å²) < 4.78 is 36.6. The minimum absolute atomic E-state index is 0.360. The van der Waals surface area contributed by atoms with Gasteiger partial charge in [-0.15, -0.1) is 0 Å². The van der Waals surface area contributed by atoms with E-state index in [1.807, 2.05) is 0 Å². The smallest absolute Gasteiger partial charge is 0.314 e. The second kappa shape index (κ2) is 6.05. The van der Waals surface area contributed by atoms with Gasteiger partial charge in [0.2, 0.25) is 0 Å². The number of nitrogens with one attached hydrogen (secondary N) is 1. The van der Waals surface area contributed by atoms with Crippen molar-refractivity contribution < 1.29 is 13.2 Å². The van der Waals surface area contributed by atoms with Crippen molar-refractivity contribution in [1.29, 1.82) is 0 Å². The Labute approximate surface area is 102 Å². The van der Waals surface area contributed by atoms with Gasteiger partial charge in [-0.05, 0) is 38.3 Å². The monoisotopic (exact) mass is 252 g/mol. The van der Waals surface area contributed by atoms with Crippen molar-refractivity contribution in [3.63, 3.8) is 0 Å². The van der Waals surface area contributed by atoms with Gasteiger partial charge in [-0.3, -0.25) is 4.90 Å². The van der Waals surface area contributed by atoms with Crippen LogP contribution in [0.1, 0.15) is 27.2 Å². The summed E-state index contributed by atoms with van der Waals surface area (Å²) >= 11 is 0. The van der Waals surface area contributed by atoms with Crippen LogP contribution in [-0.2, 0) is 0 Å². The second-order valence-electron chi connectivity index (χ2n) is 5.45. The predicted molar refractivity (Wildman–Crippen MR) is 62.9 cm³/mol. The van der Waals surface area contributed by atoms with E-state index in [2.05, 4.69) is 26.1 Å². The zero-order chi connectivity index (χ0) is 13.1. The van der Waals surface area contributed by atoms with Crippen molar-refractivity contribution in [3.8, 4) is 0 Å². The first-order valence-corrected chi connectivity index (χ1v) is 6.30. The molecule has 2 atom stereocenters. The Balaban J connectivity index is 2.22. The second-order valence-corrected chi connectivity index (χ2v) is 5.45. The number of hydrogen-bond acceptors (Lipinski definition) is 2. The van der Waals surface area contributed by atoms with E-state index in [1.165, 1.54) is 4.90 Å². The van der Waals surface area contributed by atoms with Crippen LogP contribution in [-0.4, -0.2) is 43.3 Å². The predicted octanol–water partition coefficient (Wildman–Crippen LogP) is 2.50. The highest BCUT2D eigenvalue weighted by atomic mass is 19.4. The van der Waals surface area contributed by atoms with Crippen molar-refractivity contribution in [1.82, 2.24) is 10.2 Å². The molecule has 1 aliphatic rings. The third-order valence-corrected chi connectivity index (χ3v) is 3.50. The molecule has 0 amide bonds. The van der Waals surface area contributed by atoms with Crippen molar-refractivity contribution in [3.05, 3.63) is 0 Å². The van der Waals surface area contributed by atoms with Gasteiger partial charge in [-0.1, -0.05) is 13.8 Å². The molecule has 1 fully saturated rings. The molecule has 0 aromatic rings. The molecule has 5 heteroatoms. The lowest BCUT2D eigenvalue weighted by atomic mass is 10.0. The van der Waals surface area contributed by atoms with Gasteiger partial charge in [0, 0.05) is 12.6 Å². The molecule has 102 valence electrons. The average Bonchev–Trinajstić information content (AvgIpc) is 2.59. The topological polar surface area (TPSA) is 15.3 Å². The maximum absolute atomic E-state index is 12.2. The lowest BCUT2D eigenvalue weighted by Crippen LogP contribution is -2.37. The van der Waals surface area contributed by atoms with Crippen molar-refractivity contribution >= 4 is 0 Å². The van der Waals surface area contributed by atoms with Crippen LogP contribution in [0.2, 0.25) is 0 Å². The molecule has 2 unspecified atom stereocenters. The first kappa shape index (κ1) is 14.8. The lowest BCUT2D eigenvalue weighted by Gasteiger charge is -2.21. The van der Waals surface area contributed by atoms with Gasteiger partial charge in [0.05, 0.1) is 6.54 Å². The number of hydrogen-bond donors (Lipinski definition) is 1. The molecule has 1 N–H and O–H groups in total. The van der Waals surface area contributed by atoms with Crippen LogP contribution in [0.4, 0.5) is 13.2 Å². The van der Waals surface area contributed by atoms with Crippen LogP contribution in [0.15, 0.2) is 0 Å². The maximum atomic E-state index is 12.2. The zero-order valence-corrected chi connectivity index (χ0v) is 10.8. The summed E-state index contributed by atoms with van der Waals surface area (Å²) in [6.07, 6.45) is -3.19. The Morgan fingerprint density at radius 3 is 2.47 bits per heavy atom. The van der Waals surface area contributed by atoms with E-state index < -0.39 is 12.7 Å². The molecular formula is C12H23F3N2. The van der Waals surface area contributed by atoms with Crippen LogP contribution in [0, 0.1) is 11.8 Å². The molecule has 1 heterocycles. The number of alkyl halides is 3. The number of likely N-dealkylation sites (tertiary alicyclic amines) is 1. The fourth-order valence-corrected chi connectivity index (χ4v) is 2.06. The van der Waals surface area contributed by atoms with Crippen LogP contribution in [0.5, 0.6) is 0 Å². The van der Waals surface area contributed by atoms with Gasteiger partial charge in [0.25, 0.3) is 0 Å². The molecule has 0 spiro atoms. The van der Waals surface area contributed by atoms with E-state index in [-0.39, 0.29) is 0 Å². The minimum Gasteiger partial charge on any atom is -0.314 e. The molecule has 1 rings (SSSR count). The van der Waals surface area contributed by atoms with E-state index >= 15 is 0 Å². The highest BCUT2D eigenvalue weighted by Gasteiger charge is 2.34. The van der Waals surface area contributed by atoms with Gasteiger partial charge in [0.1, 0.15) is 0 Å². The zero-order valence-electron chi connectivity index (χ0n) is 10.8. The summed E-state index contributed by atoms with van der Waals surface area (Å²) in [6, 6.07) is 0.423. The van der Waals surface area contributed by atoms with E-state index in [4.69, 9.17) is 0 Å². The Morgan fingerprint density at radius 2 is 1.94 bits per heavy atom. The number of rotatable bonds is 5. The summed E-state index contributed by atoms with van der Waals surface area (Å²) in [4.78, 5) is 1.51. The van der Waals surface area contributed by atoms with Crippen LogP contribution >= 0.6 is 0 Å². The highest BCUT2D eigenvalue weighted by molar-refractivity contribution is 4.80. The van der Waals surface area contributed by atoms with Gasteiger partial charge in [-0.2, -0.15) is 13.2 Å². The molecular weight excluding hydrogens is 229 g/mol. The maximum Gasteiger partial charge on any atom is 0.401 e. The van der Waals surface area contributed by atoms with Gasteiger partial charge in [-0.25, -0.2) is 0 Å². The average molecular weight is 252 g/mol. The van der Waals surface area contributed by atoms with Crippen LogP contribution in [0.25, 0.3) is 0 Å². The fourth-order valence-electron chi connectivity index (χ4n) is 2.06. The summed E-state index contributed by atoms with van der Waals surface area (Å²) in [6.45, 7) is 7.60. The van der Waals surface area contributed by atoms with E-state index in [0.717, 1.165) is 13.0 Å². The minimum atomic E-state index is -4.06. The molecule has 1 saturated heterocycles. The third kappa shape index (κ3) is 5.73. The first-order valence-electron chi connectivity index (χ1n) is 6.30. The molecule has 0 aromatic heterocycles. The highest BCUT2D eigenvalue weighted by Crippen LogP contribution is 2.22. The van der Waals surface area contributed by atoms with E-state index in [1.54, 1.807) is 0 Å². The first-order chi connectivity index (χ1) is 7.78. The molecule has 17 heavy (non-hydrogen) atoms. The molecule has 0 aliphatic carbocycles. The lowest BCUT2D eigenvalue weighted by molar-refractivity contribution is -0.143. The summed E-state index contributed by atoms with van der Waals surface area (Å²) in [5.74, 6) is 0.918. The van der Waals surface area contributed by atoms with Crippen molar-refractivity contribution in [2.75, 3.05) is 26.2 Å². The fraction of sp³-hybridized carbons (Fsp3) is 1.00. The molecule has 1 aliphatic heterocycles. The Hall–Kier alpha value is -0.290. The standard InChI is InChI=1S/C12H23F3N2/c1-9(2)10(3)16-6-11-4-5-17(7-11)8-12(13,14)15/h9-11,16H,4-8H2,1-3H3. The summed E-state index contributed by atoms with van der Waals surface area (Å²) in [5.41, 5.74) is 0. The molecule has 0 radical (unpaired) electrons. The van der Waals surface area contributed by atoms with Crippen LogP contribution < -0.4 is 5.32 Å². The van der Waals surface area contributed by atoms with Crippen LogP contribution in [0.3, 0.4) is 0 Å². The Kier molecular flexibility index (Phi) is 5.25. The largest absolute Gasteiger partial charge is 0.401 e. The Bertz CT molecular complexity index is 228. The summed E-state index contributed by atoms with van der Waals surface area (Å²) in [5, 5.41) is 3.40. The number of halogens is 3. The van der Waals surface area contributed by atoms with Crippen molar-refractivity contribution in [2.45, 2.75) is 39.4 Å². The third-order valence-electron chi connectivity index (χ3n) is 3.50. The molecule has 0 saturated carbocycles. The van der Waals surface area contributed by atoms with E-state index in [0.29, 0.717) is 31.0 Å². The Morgan fingerprint density at radius 1 is 1.29 bits per heavy atom. The summed E-state index contributed by atoms with van der Waals surface area (Å²) in [7, 11) is 0. The molecule has 2 nitrogen and oxygen atoms in total. The van der Waals surface area contributed by atoms with Gasteiger partial charge < -0.3 is 5.32 Å². The van der Waals surface area contributed by atoms with E-state index in [9.17, 15) is 13.2 Å². The van der Waals surface area contributed by atoms with Gasteiger partial charge in [0.15, 0.2) is 0 Å². The number of nitrogens with zero attached hydrogens (tertiary/aromatic N) is 1. The quantitative estimate of drug-likeness (QED) is 0.808.